The average molecular weight is 345 g/mol. The fourth-order valence-electron chi connectivity index (χ4n) is 2.01. The SMILES string of the molecule is Cc1ccc(C(N)C(=O)NC(C)Cn2ccnc2)cc1.Cl.Cl. The molecule has 3 N–H and O–H groups in total. The molecule has 2 rings (SSSR count). The number of carbonyl (C=O) groups excluding carboxylic acids is 1. The van der Waals surface area contributed by atoms with E-state index < -0.39 is 6.04 Å². The largest absolute Gasteiger partial charge is 0.350 e. The number of aromatic nitrogens is 2. The number of nitrogens with zero attached hydrogens (tertiary/aromatic N) is 2. The van der Waals surface area contributed by atoms with Crippen molar-refractivity contribution in [3.63, 3.8) is 0 Å². The molecule has 1 aromatic carbocycles. The van der Waals surface area contributed by atoms with Crippen LogP contribution in [0.3, 0.4) is 0 Å². The van der Waals surface area contributed by atoms with Crippen molar-refractivity contribution < 1.29 is 4.79 Å². The van der Waals surface area contributed by atoms with E-state index in [1.807, 2.05) is 48.9 Å². The molecule has 0 fully saturated rings. The summed E-state index contributed by atoms with van der Waals surface area (Å²) in [6.07, 6.45) is 5.30. The first-order valence-corrected chi connectivity index (χ1v) is 6.64. The summed E-state index contributed by atoms with van der Waals surface area (Å²) < 4.78 is 1.92. The van der Waals surface area contributed by atoms with Crippen molar-refractivity contribution in [2.45, 2.75) is 32.5 Å². The molecule has 1 amide bonds. The van der Waals surface area contributed by atoms with E-state index in [0.717, 1.165) is 11.1 Å². The third-order valence-electron chi connectivity index (χ3n) is 3.15. The zero-order valence-electron chi connectivity index (χ0n) is 12.6. The van der Waals surface area contributed by atoms with Gasteiger partial charge in [-0.1, -0.05) is 29.8 Å². The van der Waals surface area contributed by atoms with Crippen LogP contribution in [0.25, 0.3) is 0 Å². The third-order valence-corrected chi connectivity index (χ3v) is 3.15. The lowest BCUT2D eigenvalue weighted by Gasteiger charge is -2.18. The van der Waals surface area contributed by atoms with Crippen LogP contribution >= 0.6 is 24.8 Å². The van der Waals surface area contributed by atoms with Crippen molar-refractivity contribution in [3.05, 3.63) is 54.1 Å². The molecule has 0 bridgehead atoms. The molecule has 122 valence electrons. The lowest BCUT2D eigenvalue weighted by Crippen LogP contribution is -2.41. The molecule has 2 atom stereocenters. The minimum absolute atomic E-state index is 0. The normalized spacial score (nSPS) is 12.5. The number of hydrogen-bond acceptors (Lipinski definition) is 3. The topological polar surface area (TPSA) is 72.9 Å². The molecule has 0 aliphatic heterocycles. The Hall–Kier alpha value is -1.56. The molecule has 0 saturated heterocycles. The van der Waals surface area contributed by atoms with E-state index in [1.165, 1.54) is 0 Å². The predicted octanol–water partition coefficient (Wildman–Crippen LogP) is 2.24. The van der Waals surface area contributed by atoms with Crippen molar-refractivity contribution in [3.8, 4) is 0 Å². The summed E-state index contributed by atoms with van der Waals surface area (Å²) in [6.45, 7) is 4.62. The number of imidazole rings is 1. The molecule has 1 heterocycles. The minimum Gasteiger partial charge on any atom is -0.350 e. The van der Waals surface area contributed by atoms with Gasteiger partial charge in [-0.05, 0) is 19.4 Å². The smallest absolute Gasteiger partial charge is 0.241 e. The molecular formula is C15H22Cl2N4O. The first kappa shape index (κ1) is 20.4. The van der Waals surface area contributed by atoms with Crippen LogP contribution in [0, 0.1) is 6.92 Å². The maximum atomic E-state index is 12.1. The van der Waals surface area contributed by atoms with Gasteiger partial charge in [0, 0.05) is 25.0 Å². The zero-order chi connectivity index (χ0) is 14.5. The van der Waals surface area contributed by atoms with Crippen LogP contribution in [0.2, 0.25) is 0 Å². The molecule has 0 radical (unpaired) electrons. The number of amides is 1. The number of rotatable bonds is 5. The Morgan fingerprint density at radius 2 is 1.95 bits per heavy atom. The van der Waals surface area contributed by atoms with Gasteiger partial charge < -0.3 is 15.6 Å². The fraction of sp³-hybridized carbons (Fsp3) is 0.333. The number of aryl methyl sites for hydroxylation is 1. The van der Waals surface area contributed by atoms with Crippen molar-refractivity contribution in [1.82, 2.24) is 14.9 Å². The summed E-state index contributed by atoms with van der Waals surface area (Å²) in [5.41, 5.74) is 7.95. The molecule has 0 saturated carbocycles. The molecule has 2 unspecified atom stereocenters. The van der Waals surface area contributed by atoms with Gasteiger partial charge in [0.2, 0.25) is 5.91 Å². The first-order valence-electron chi connectivity index (χ1n) is 6.64. The Labute approximate surface area is 143 Å². The quantitative estimate of drug-likeness (QED) is 0.873. The van der Waals surface area contributed by atoms with Crippen LogP contribution in [0.1, 0.15) is 24.1 Å². The summed E-state index contributed by atoms with van der Waals surface area (Å²) in [5, 5.41) is 2.92. The molecule has 5 nitrogen and oxygen atoms in total. The van der Waals surface area contributed by atoms with Gasteiger partial charge in [0.1, 0.15) is 6.04 Å². The fourth-order valence-corrected chi connectivity index (χ4v) is 2.01. The Morgan fingerprint density at radius 3 is 2.50 bits per heavy atom. The van der Waals surface area contributed by atoms with E-state index in [9.17, 15) is 4.79 Å². The van der Waals surface area contributed by atoms with Crippen LogP contribution in [-0.2, 0) is 11.3 Å². The summed E-state index contributed by atoms with van der Waals surface area (Å²) in [7, 11) is 0. The molecule has 22 heavy (non-hydrogen) atoms. The summed E-state index contributed by atoms with van der Waals surface area (Å²) in [4.78, 5) is 16.1. The van der Waals surface area contributed by atoms with Gasteiger partial charge in [-0.3, -0.25) is 4.79 Å². The van der Waals surface area contributed by atoms with Gasteiger partial charge in [0.05, 0.1) is 6.33 Å². The van der Waals surface area contributed by atoms with Crippen LogP contribution in [0.15, 0.2) is 43.0 Å². The second kappa shape index (κ2) is 9.46. The van der Waals surface area contributed by atoms with Gasteiger partial charge in [0.25, 0.3) is 0 Å². The standard InChI is InChI=1S/C15H20N4O.2ClH/c1-11-3-5-13(6-4-11)14(16)15(20)18-12(2)9-19-8-7-17-10-19;;/h3-8,10,12,14H,9,16H2,1-2H3,(H,18,20);2*1H. The number of hydrogen-bond donors (Lipinski definition) is 2. The molecule has 7 heteroatoms. The molecule has 2 aromatic rings. The highest BCUT2D eigenvalue weighted by atomic mass is 35.5. The van der Waals surface area contributed by atoms with Crippen molar-refractivity contribution in [1.29, 1.82) is 0 Å². The molecular weight excluding hydrogens is 323 g/mol. The van der Waals surface area contributed by atoms with Gasteiger partial charge in [0.15, 0.2) is 0 Å². The molecule has 0 spiro atoms. The Balaban J connectivity index is 0.00000220. The third kappa shape index (κ3) is 5.67. The predicted molar refractivity (Wildman–Crippen MR) is 92.4 cm³/mol. The zero-order valence-corrected chi connectivity index (χ0v) is 14.2. The number of benzene rings is 1. The Kier molecular flexibility index (Phi) is 8.79. The summed E-state index contributed by atoms with van der Waals surface area (Å²) in [5.74, 6) is -0.165. The van der Waals surface area contributed by atoms with Crippen molar-refractivity contribution in [2.75, 3.05) is 0 Å². The number of carbonyl (C=O) groups is 1. The highest BCUT2D eigenvalue weighted by Crippen LogP contribution is 2.11. The van der Waals surface area contributed by atoms with Crippen LogP contribution in [-0.4, -0.2) is 21.5 Å². The average Bonchev–Trinajstić information content (AvgIpc) is 2.91. The van der Waals surface area contributed by atoms with E-state index in [4.69, 9.17) is 5.73 Å². The van der Waals surface area contributed by atoms with Gasteiger partial charge in [-0.15, -0.1) is 24.8 Å². The highest BCUT2D eigenvalue weighted by Gasteiger charge is 2.17. The molecule has 1 aromatic heterocycles. The number of nitrogens with one attached hydrogen (secondary N) is 1. The van der Waals surface area contributed by atoms with E-state index in [0.29, 0.717) is 6.54 Å². The Bertz CT molecular complexity index is 557. The van der Waals surface area contributed by atoms with Crippen LogP contribution in [0.4, 0.5) is 0 Å². The highest BCUT2D eigenvalue weighted by molar-refractivity contribution is 5.85. The maximum Gasteiger partial charge on any atom is 0.241 e. The monoisotopic (exact) mass is 344 g/mol. The summed E-state index contributed by atoms with van der Waals surface area (Å²) in [6, 6.07) is 7.05. The maximum absolute atomic E-state index is 12.1. The van der Waals surface area contributed by atoms with E-state index in [1.54, 1.807) is 12.5 Å². The molecule has 0 aliphatic carbocycles. The number of halogens is 2. The molecule has 0 aliphatic rings. The lowest BCUT2D eigenvalue weighted by molar-refractivity contribution is -0.123. The van der Waals surface area contributed by atoms with E-state index in [-0.39, 0.29) is 36.8 Å². The minimum atomic E-state index is -0.638. The van der Waals surface area contributed by atoms with Crippen molar-refractivity contribution in [2.24, 2.45) is 5.73 Å². The van der Waals surface area contributed by atoms with E-state index in [2.05, 4.69) is 10.3 Å². The van der Waals surface area contributed by atoms with Gasteiger partial charge in [-0.25, -0.2) is 4.98 Å². The lowest BCUT2D eigenvalue weighted by atomic mass is 10.1. The number of nitrogens with two attached hydrogens (primary N) is 1. The second-order valence-electron chi connectivity index (χ2n) is 5.06. The summed E-state index contributed by atoms with van der Waals surface area (Å²) >= 11 is 0. The first-order chi connectivity index (χ1) is 9.56. The Morgan fingerprint density at radius 1 is 1.32 bits per heavy atom. The van der Waals surface area contributed by atoms with Crippen LogP contribution < -0.4 is 11.1 Å². The second-order valence-corrected chi connectivity index (χ2v) is 5.06. The van der Waals surface area contributed by atoms with E-state index >= 15 is 0 Å². The van der Waals surface area contributed by atoms with Gasteiger partial charge >= 0.3 is 0 Å². The van der Waals surface area contributed by atoms with Gasteiger partial charge in [-0.2, -0.15) is 0 Å². The van der Waals surface area contributed by atoms with Crippen LogP contribution in [0.5, 0.6) is 0 Å². The van der Waals surface area contributed by atoms with Crippen molar-refractivity contribution >= 4 is 30.7 Å².